The van der Waals surface area contributed by atoms with Gasteiger partial charge in [0.2, 0.25) is 0 Å². The topological polar surface area (TPSA) is 60.2 Å². The molecule has 0 fully saturated rings. The van der Waals surface area contributed by atoms with E-state index < -0.39 is 9.84 Å². The molecule has 82 valence electrons. The van der Waals surface area contributed by atoms with Crippen LogP contribution in [-0.2, 0) is 22.7 Å². The second kappa shape index (κ2) is 3.94. The van der Waals surface area contributed by atoms with Crippen LogP contribution in [0.25, 0.3) is 0 Å². The molecule has 0 spiro atoms. The standard InChI is InChI=1S/C11H15NO2S/c12-6-5-9-3-4-11-10(8-9)2-1-7-15(11,13)14/h3-4,8H,1-2,5-7,12H2. The van der Waals surface area contributed by atoms with Gasteiger partial charge in [0.1, 0.15) is 0 Å². The highest BCUT2D eigenvalue weighted by molar-refractivity contribution is 7.91. The zero-order valence-corrected chi connectivity index (χ0v) is 9.39. The summed E-state index contributed by atoms with van der Waals surface area (Å²) in [6.07, 6.45) is 2.42. The molecule has 0 saturated carbocycles. The second-order valence-corrected chi connectivity index (χ2v) is 5.98. The van der Waals surface area contributed by atoms with E-state index in [1.807, 2.05) is 12.1 Å². The van der Waals surface area contributed by atoms with Gasteiger partial charge in [-0.3, -0.25) is 0 Å². The van der Waals surface area contributed by atoms with Crippen molar-refractivity contribution in [2.75, 3.05) is 12.3 Å². The molecule has 15 heavy (non-hydrogen) atoms. The normalized spacial score (nSPS) is 18.5. The number of fused-ring (bicyclic) bond motifs is 1. The Morgan fingerprint density at radius 1 is 1.33 bits per heavy atom. The predicted molar refractivity (Wildman–Crippen MR) is 59.6 cm³/mol. The highest BCUT2D eigenvalue weighted by Gasteiger charge is 2.23. The zero-order valence-electron chi connectivity index (χ0n) is 8.57. The summed E-state index contributed by atoms with van der Waals surface area (Å²) in [6, 6.07) is 5.59. The van der Waals surface area contributed by atoms with Crippen LogP contribution in [0.2, 0.25) is 0 Å². The molecule has 0 bridgehead atoms. The molecule has 0 unspecified atom stereocenters. The average molecular weight is 225 g/mol. The van der Waals surface area contributed by atoms with E-state index in [4.69, 9.17) is 5.73 Å². The van der Waals surface area contributed by atoms with Gasteiger partial charge in [-0.15, -0.1) is 0 Å². The SMILES string of the molecule is NCCc1ccc2c(c1)CCCS2(=O)=O. The molecule has 0 aromatic heterocycles. The number of nitrogens with two attached hydrogens (primary N) is 1. The monoisotopic (exact) mass is 225 g/mol. The van der Waals surface area contributed by atoms with Crippen LogP contribution in [0, 0.1) is 0 Å². The van der Waals surface area contributed by atoms with E-state index in [2.05, 4.69) is 0 Å². The van der Waals surface area contributed by atoms with Crippen molar-refractivity contribution in [3.05, 3.63) is 29.3 Å². The number of benzene rings is 1. The van der Waals surface area contributed by atoms with Gasteiger partial charge in [0.15, 0.2) is 9.84 Å². The summed E-state index contributed by atoms with van der Waals surface area (Å²) in [6.45, 7) is 0.603. The molecule has 1 aromatic carbocycles. The predicted octanol–water partition coefficient (Wildman–Crippen LogP) is 0.908. The molecule has 0 amide bonds. The van der Waals surface area contributed by atoms with Crippen LogP contribution in [0.1, 0.15) is 17.5 Å². The van der Waals surface area contributed by atoms with E-state index in [-0.39, 0.29) is 5.75 Å². The van der Waals surface area contributed by atoms with Crippen LogP contribution in [0.5, 0.6) is 0 Å². The molecule has 1 aliphatic heterocycles. The highest BCUT2D eigenvalue weighted by Crippen LogP contribution is 2.25. The molecule has 3 nitrogen and oxygen atoms in total. The van der Waals surface area contributed by atoms with Crippen LogP contribution in [0.15, 0.2) is 23.1 Å². The number of rotatable bonds is 2. The fourth-order valence-corrected chi connectivity index (χ4v) is 3.60. The Bertz CT molecular complexity index is 465. The van der Waals surface area contributed by atoms with Crippen molar-refractivity contribution in [1.29, 1.82) is 0 Å². The maximum Gasteiger partial charge on any atom is 0.178 e. The molecule has 4 heteroatoms. The van der Waals surface area contributed by atoms with Crippen molar-refractivity contribution in [3.8, 4) is 0 Å². The molecule has 2 rings (SSSR count). The molecule has 0 aliphatic carbocycles. The Kier molecular flexibility index (Phi) is 2.80. The fraction of sp³-hybridized carbons (Fsp3) is 0.455. The maximum absolute atomic E-state index is 11.7. The van der Waals surface area contributed by atoms with E-state index >= 15 is 0 Å². The first-order chi connectivity index (χ1) is 7.13. The third-order valence-electron chi connectivity index (χ3n) is 2.75. The molecule has 2 N–H and O–H groups in total. The minimum atomic E-state index is -3.01. The van der Waals surface area contributed by atoms with Crippen molar-refractivity contribution in [2.45, 2.75) is 24.2 Å². The Hall–Kier alpha value is -0.870. The maximum atomic E-state index is 11.7. The molecular formula is C11H15NO2S. The summed E-state index contributed by atoms with van der Waals surface area (Å²) in [4.78, 5) is 0.523. The van der Waals surface area contributed by atoms with Crippen molar-refractivity contribution in [3.63, 3.8) is 0 Å². The van der Waals surface area contributed by atoms with E-state index in [1.165, 1.54) is 0 Å². The first-order valence-corrected chi connectivity index (χ1v) is 6.83. The van der Waals surface area contributed by atoms with E-state index in [1.54, 1.807) is 6.07 Å². The number of sulfone groups is 1. The van der Waals surface area contributed by atoms with Gasteiger partial charge < -0.3 is 5.73 Å². The molecule has 1 aliphatic rings. The van der Waals surface area contributed by atoms with Gasteiger partial charge in [-0.25, -0.2) is 8.42 Å². The van der Waals surface area contributed by atoms with Crippen molar-refractivity contribution in [1.82, 2.24) is 0 Å². The fourth-order valence-electron chi connectivity index (χ4n) is 2.02. The summed E-state index contributed by atoms with van der Waals surface area (Å²) in [5.74, 6) is 0.288. The Morgan fingerprint density at radius 2 is 2.13 bits per heavy atom. The van der Waals surface area contributed by atoms with Gasteiger partial charge in [0.05, 0.1) is 10.6 Å². The van der Waals surface area contributed by atoms with Crippen LogP contribution >= 0.6 is 0 Å². The van der Waals surface area contributed by atoms with Crippen molar-refractivity contribution >= 4 is 9.84 Å². The lowest BCUT2D eigenvalue weighted by Gasteiger charge is -2.16. The van der Waals surface area contributed by atoms with Crippen LogP contribution in [-0.4, -0.2) is 20.7 Å². The molecule has 0 atom stereocenters. The average Bonchev–Trinajstić information content (AvgIpc) is 2.17. The Labute approximate surface area is 90.2 Å². The van der Waals surface area contributed by atoms with Gasteiger partial charge in [0, 0.05) is 0 Å². The van der Waals surface area contributed by atoms with E-state index in [9.17, 15) is 8.42 Å². The van der Waals surface area contributed by atoms with E-state index in [0.717, 1.165) is 30.4 Å². The number of hydrogen-bond donors (Lipinski definition) is 1. The van der Waals surface area contributed by atoms with Gasteiger partial charge >= 0.3 is 0 Å². The molecule has 1 aromatic rings. The van der Waals surface area contributed by atoms with E-state index in [0.29, 0.717) is 11.4 Å². The quantitative estimate of drug-likeness (QED) is 0.813. The van der Waals surface area contributed by atoms with Gasteiger partial charge in [-0.1, -0.05) is 12.1 Å². The smallest absolute Gasteiger partial charge is 0.178 e. The van der Waals surface area contributed by atoms with Crippen molar-refractivity contribution in [2.24, 2.45) is 5.73 Å². The minimum absolute atomic E-state index is 0.288. The molecule has 0 saturated heterocycles. The summed E-state index contributed by atoms with van der Waals surface area (Å²) < 4.78 is 23.4. The summed E-state index contributed by atoms with van der Waals surface area (Å²) in [5, 5.41) is 0. The summed E-state index contributed by atoms with van der Waals surface area (Å²) >= 11 is 0. The lowest BCUT2D eigenvalue weighted by Crippen LogP contribution is -2.16. The minimum Gasteiger partial charge on any atom is -0.330 e. The first kappa shape index (κ1) is 10.6. The number of aryl methyl sites for hydroxylation is 1. The largest absolute Gasteiger partial charge is 0.330 e. The lowest BCUT2D eigenvalue weighted by atomic mass is 10.0. The second-order valence-electron chi connectivity index (χ2n) is 3.90. The molecule has 0 radical (unpaired) electrons. The van der Waals surface area contributed by atoms with Crippen LogP contribution < -0.4 is 5.73 Å². The zero-order chi connectivity index (χ0) is 10.9. The summed E-state index contributed by atoms with van der Waals surface area (Å²) in [7, 11) is -3.01. The molecular weight excluding hydrogens is 210 g/mol. The Morgan fingerprint density at radius 3 is 2.87 bits per heavy atom. The highest BCUT2D eigenvalue weighted by atomic mass is 32.2. The van der Waals surface area contributed by atoms with Crippen molar-refractivity contribution < 1.29 is 8.42 Å². The third-order valence-corrected chi connectivity index (χ3v) is 4.65. The first-order valence-electron chi connectivity index (χ1n) is 5.18. The number of hydrogen-bond acceptors (Lipinski definition) is 3. The summed E-state index contributed by atoms with van der Waals surface area (Å²) in [5.41, 5.74) is 7.57. The third kappa shape index (κ3) is 2.06. The van der Waals surface area contributed by atoms with Crippen LogP contribution in [0.3, 0.4) is 0 Å². The van der Waals surface area contributed by atoms with Gasteiger partial charge in [0.25, 0.3) is 0 Å². The molecule has 1 heterocycles. The van der Waals surface area contributed by atoms with Crippen LogP contribution in [0.4, 0.5) is 0 Å². The van der Waals surface area contributed by atoms with Gasteiger partial charge in [-0.05, 0) is 43.0 Å². The van der Waals surface area contributed by atoms with Gasteiger partial charge in [-0.2, -0.15) is 0 Å². The lowest BCUT2D eigenvalue weighted by molar-refractivity contribution is 0.586. The Balaban J connectivity index is 2.45.